The van der Waals surface area contributed by atoms with Gasteiger partial charge < -0.3 is 14.4 Å². The Morgan fingerprint density at radius 1 is 1.06 bits per heavy atom. The molecule has 170 valence electrons. The highest BCUT2D eigenvalue weighted by Crippen LogP contribution is 2.34. The largest absolute Gasteiger partial charge is 0.476 e. The van der Waals surface area contributed by atoms with E-state index in [1.807, 2.05) is 0 Å². The standard InChI is InChI=1S/C23H22FN5O4/c1-15-25-21(26-29(15)17-8-6-16(24)7-9-17)23(31)28-14-20(22(30)27-10-12-32-13-11-27)33-19-5-3-2-4-18(19)28/h2-9,20H,10-14H2,1H3/t20-/m1/s1. The maximum atomic E-state index is 13.5. The van der Waals surface area contributed by atoms with Crippen molar-refractivity contribution in [1.82, 2.24) is 19.7 Å². The molecular weight excluding hydrogens is 429 g/mol. The normalized spacial score (nSPS) is 17.9. The minimum absolute atomic E-state index is 0.0221. The number of aromatic nitrogens is 3. The van der Waals surface area contributed by atoms with Crippen molar-refractivity contribution in [3.8, 4) is 11.4 Å². The number of carbonyl (C=O) groups is 2. The number of anilines is 1. The number of fused-ring (bicyclic) bond motifs is 1. The Labute approximate surface area is 189 Å². The Bertz CT molecular complexity index is 1190. The predicted molar refractivity (Wildman–Crippen MR) is 116 cm³/mol. The van der Waals surface area contributed by atoms with Crippen LogP contribution in [0.25, 0.3) is 5.69 Å². The van der Waals surface area contributed by atoms with Crippen LogP contribution in [0.3, 0.4) is 0 Å². The van der Waals surface area contributed by atoms with Crippen molar-refractivity contribution in [2.75, 3.05) is 37.7 Å². The van der Waals surface area contributed by atoms with Crippen LogP contribution in [0.4, 0.5) is 10.1 Å². The molecule has 9 nitrogen and oxygen atoms in total. The number of rotatable bonds is 3. The molecule has 10 heteroatoms. The average Bonchev–Trinajstić information content (AvgIpc) is 3.25. The lowest BCUT2D eigenvalue weighted by Crippen LogP contribution is -2.54. The Balaban J connectivity index is 1.44. The highest BCUT2D eigenvalue weighted by atomic mass is 19.1. The number of para-hydroxylation sites is 2. The summed E-state index contributed by atoms with van der Waals surface area (Å²) in [5, 5.41) is 4.36. The van der Waals surface area contributed by atoms with Crippen LogP contribution in [0.2, 0.25) is 0 Å². The smallest absolute Gasteiger partial charge is 0.298 e. The fourth-order valence-electron chi connectivity index (χ4n) is 3.97. The fraction of sp³-hybridized carbons (Fsp3) is 0.304. The van der Waals surface area contributed by atoms with Gasteiger partial charge in [0.1, 0.15) is 17.4 Å². The van der Waals surface area contributed by atoms with Gasteiger partial charge in [0.15, 0.2) is 6.10 Å². The molecule has 2 aromatic carbocycles. The lowest BCUT2D eigenvalue weighted by Gasteiger charge is -2.36. The van der Waals surface area contributed by atoms with Crippen LogP contribution in [0.15, 0.2) is 48.5 Å². The van der Waals surface area contributed by atoms with E-state index < -0.39 is 12.0 Å². The van der Waals surface area contributed by atoms with Crippen LogP contribution in [-0.2, 0) is 9.53 Å². The van der Waals surface area contributed by atoms with Crippen molar-refractivity contribution < 1.29 is 23.5 Å². The molecule has 0 bridgehead atoms. The first-order valence-electron chi connectivity index (χ1n) is 10.6. The van der Waals surface area contributed by atoms with E-state index >= 15 is 0 Å². The topological polar surface area (TPSA) is 89.8 Å². The number of carbonyl (C=O) groups excluding carboxylic acids is 2. The van der Waals surface area contributed by atoms with Gasteiger partial charge in [-0.15, -0.1) is 5.10 Å². The van der Waals surface area contributed by atoms with Crippen molar-refractivity contribution in [3.05, 3.63) is 66.0 Å². The van der Waals surface area contributed by atoms with Crippen LogP contribution < -0.4 is 9.64 Å². The van der Waals surface area contributed by atoms with Gasteiger partial charge in [-0.25, -0.2) is 14.1 Å². The first-order valence-corrected chi connectivity index (χ1v) is 10.6. The maximum absolute atomic E-state index is 13.5. The minimum Gasteiger partial charge on any atom is -0.476 e. The number of halogens is 1. The summed E-state index contributed by atoms with van der Waals surface area (Å²) in [6.45, 7) is 3.67. The Morgan fingerprint density at radius 3 is 2.55 bits per heavy atom. The summed E-state index contributed by atoms with van der Waals surface area (Å²) in [6, 6.07) is 12.8. The number of nitrogens with zero attached hydrogens (tertiary/aromatic N) is 5. The summed E-state index contributed by atoms with van der Waals surface area (Å²) in [4.78, 5) is 34.1. The molecule has 0 spiro atoms. The molecule has 2 amide bonds. The van der Waals surface area contributed by atoms with Gasteiger partial charge in [-0.2, -0.15) is 0 Å². The van der Waals surface area contributed by atoms with Crippen LogP contribution in [0.1, 0.15) is 16.4 Å². The molecule has 1 fully saturated rings. The van der Waals surface area contributed by atoms with Gasteiger partial charge in [0, 0.05) is 13.1 Å². The molecule has 5 rings (SSSR count). The van der Waals surface area contributed by atoms with Gasteiger partial charge in [0.2, 0.25) is 5.82 Å². The summed E-state index contributed by atoms with van der Waals surface area (Å²) >= 11 is 0. The summed E-state index contributed by atoms with van der Waals surface area (Å²) in [5.41, 5.74) is 1.13. The second-order valence-electron chi connectivity index (χ2n) is 7.80. The van der Waals surface area contributed by atoms with Crippen molar-refractivity contribution in [2.45, 2.75) is 13.0 Å². The molecule has 0 N–H and O–H groups in total. The number of amides is 2. The third kappa shape index (κ3) is 4.05. The Hall–Kier alpha value is -3.79. The average molecular weight is 451 g/mol. The summed E-state index contributed by atoms with van der Waals surface area (Å²) in [7, 11) is 0. The van der Waals surface area contributed by atoms with Crippen molar-refractivity contribution in [1.29, 1.82) is 0 Å². The highest BCUT2D eigenvalue weighted by Gasteiger charge is 2.37. The number of hydrogen-bond donors (Lipinski definition) is 0. The fourth-order valence-corrected chi connectivity index (χ4v) is 3.97. The Kier molecular flexibility index (Phi) is 5.51. The quantitative estimate of drug-likeness (QED) is 0.605. The molecule has 33 heavy (non-hydrogen) atoms. The first-order chi connectivity index (χ1) is 16.0. The van der Waals surface area contributed by atoms with E-state index in [0.29, 0.717) is 49.3 Å². The lowest BCUT2D eigenvalue weighted by atomic mass is 10.1. The van der Waals surface area contributed by atoms with Crippen LogP contribution in [0.5, 0.6) is 5.75 Å². The monoisotopic (exact) mass is 451 g/mol. The Morgan fingerprint density at radius 2 is 1.79 bits per heavy atom. The molecular formula is C23H22FN5O4. The highest BCUT2D eigenvalue weighted by molar-refractivity contribution is 6.05. The third-order valence-corrected chi connectivity index (χ3v) is 5.65. The molecule has 0 saturated carbocycles. The zero-order chi connectivity index (χ0) is 22.9. The molecule has 0 unspecified atom stereocenters. The van der Waals surface area contributed by atoms with E-state index in [2.05, 4.69) is 10.1 Å². The second-order valence-corrected chi connectivity index (χ2v) is 7.80. The minimum atomic E-state index is -0.845. The van der Waals surface area contributed by atoms with Gasteiger partial charge in [-0.1, -0.05) is 12.1 Å². The molecule has 1 aromatic heterocycles. The summed E-state index contributed by atoms with van der Waals surface area (Å²) in [6.07, 6.45) is -0.845. The van der Waals surface area contributed by atoms with Gasteiger partial charge in [0.25, 0.3) is 11.8 Å². The van der Waals surface area contributed by atoms with Crippen LogP contribution in [-0.4, -0.2) is 70.4 Å². The van der Waals surface area contributed by atoms with Gasteiger partial charge in [-0.05, 0) is 43.3 Å². The van der Waals surface area contributed by atoms with Gasteiger partial charge in [-0.3, -0.25) is 14.5 Å². The molecule has 3 aromatic rings. The molecule has 1 atom stereocenters. The molecule has 1 saturated heterocycles. The van der Waals surface area contributed by atoms with E-state index in [0.717, 1.165) is 0 Å². The molecule has 0 radical (unpaired) electrons. The second kappa shape index (κ2) is 8.62. The van der Waals surface area contributed by atoms with E-state index in [1.165, 1.54) is 21.7 Å². The van der Waals surface area contributed by atoms with E-state index in [-0.39, 0.29) is 24.1 Å². The molecule has 2 aliphatic rings. The predicted octanol–water partition coefficient (Wildman–Crippen LogP) is 1.98. The van der Waals surface area contributed by atoms with E-state index in [4.69, 9.17) is 9.47 Å². The summed E-state index contributed by atoms with van der Waals surface area (Å²) < 4.78 is 26.1. The number of ether oxygens (including phenoxy) is 2. The van der Waals surface area contributed by atoms with Crippen molar-refractivity contribution in [2.24, 2.45) is 0 Å². The SMILES string of the molecule is Cc1nc(C(=O)N2C[C@H](C(=O)N3CCOCC3)Oc3ccccc32)nn1-c1ccc(F)cc1. The number of benzene rings is 2. The van der Waals surface area contributed by atoms with Crippen molar-refractivity contribution >= 4 is 17.5 Å². The molecule has 3 heterocycles. The molecule has 2 aliphatic heterocycles. The third-order valence-electron chi connectivity index (χ3n) is 5.65. The first kappa shape index (κ1) is 21.1. The lowest BCUT2D eigenvalue weighted by molar-refractivity contribution is -0.142. The maximum Gasteiger partial charge on any atom is 0.298 e. The van der Waals surface area contributed by atoms with Gasteiger partial charge in [0.05, 0.1) is 31.1 Å². The zero-order valence-corrected chi connectivity index (χ0v) is 18.0. The summed E-state index contributed by atoms with van der Waals surface area (Å²) in [5.74, 6) is -0.105. The number of hydrogen-bond acceptors (Lipinski definition) is 6. The van der Waals surface area contributed by atoms with Crippen molar-refractivity contribution in [3.63, 3.8) is 0 Å². The van der Waals surface area contributed by atoms with Crippen LogP contribution >= 0.6 is 0 Å². The zero-order valence-electron chi connectivity index (χ0n) is 18.0. The van der Waals surface area contributed by atoms with Crippen LogP contribution in [0, 0.1) is 12.7 Å². The van der Waals surface area contributed by atoms with E-state index in [9.17, 15) is 14.0 Å². The number of aryl methyl sites for hydroxylation is 1. The molecule has 0 aliphatic carbocycles. The van der Waals surface area contributed by atoms with Gasteiger partial charge >= 0.3 is 0 Å². The number of morpholine rings is 1. The van der Waals surface area contributed by atoms with E-state index in [1.54, 1.807) is 48.2 Å².